The molecule has 7 heteroatoms. The molecule has 0 heterocycles. The molecule has 1 aliphatic rings. The molecule has 5 nitrogen and oxygen atoms in total. The number of benzene rings is 2. The van der Waals surface area contributed by atoms with Crippen molar-refractivity contribution in [1.29, 1.82) is 0 Å². The van der Waals surface area contributed by atoms with Crippen molar-refractivity contribution in [3.63, 3.8) is 0 Å². The van der Waals surface area contributed by atoms with Gasteiger partial charge in [-0.2, -0.15) is 0 Å². The second kappa shape index (κ2) is 6.69. The van der Waals surface area contributed by atoms with E-state index in [2.05, 4.69) is 10.0 Å². The molecule has 0 bridgehead atoms. The Morgan fingerprint density at radius 3 is 2.52 bits per heavy atom. The van der Waals surface area contributed by atoms with Crippen LogP contribution in [0.4, 0.5) is 5.69 Å². The van der Waals surface area contributed by atoms with Crippen LogP contribution in [0, 0.1) is 13.8 Å². The summed E-state index contributed by atoms with van der Waals surface area (Å²) < 4.78 is 28.1. The lowest BCUT2D eigenvalue weighted by molar-refractivity contribution is 0.0951. The fraction of sp³-hybridized carbons (Fsp3) is 0.278. The molecule has 132 valence electrons. The average molecular weight is 379 g/mol. The Morgan fingerprint density at radius 1 is 1.12 bits per heavy atom. The van der Waals surface area contributed by atoms with E-state index < -0.39 is 10.0 Å². The van der Waals surface area contributed by atoms with Crippen LogP contribution in [0.3, 0.4) is 0 Å². The van der Waals surface area contributed by atoms with Gasteiger partial charge >= 0.3 is 0 Å². The number of sulfonamides is 1. The minimum Gasteiger partial charge on any atom is -0.349 e. The number of carbonyl (C=O) groups is 1. The molecule has 1 aliphatic carbocycles. The third-order valence-electron chi connectivity index (χ3n) is 4.03. The molecule has 0 radical (unpaired) electrons. The molecule has 25 heavy (non-hydrogen) atoms. The van der Waals surface area contributed by atoms with Crippen LogP contribution < -0.4 is 10.0 Å². The maximum absolute atomic E-state index is 12.8. The summed E-state index contributed by atoms with van der Waals surface area (Å²) in [5.74, 6) is -0.289. The third kappa shape index (κ3) is 4.14. The first-order valence-corrected chi connectivity index (χ1v) is 9.83. The lowest BCUT2D eigenvalue weighted by Crippen LogP contribution is -2.25. The number of nitrogens with one attached hydrogen (secondary N) is 2. The minimum absolute atomic E-state index is 0.0702. The number of carbonyl (C=O) groups excluding carboxylic acids is 1. The van der Waals surface area contributed by atoms with Crippen LogP contribution in [0.5, 0.6) is 0 Å². The zero-order chi connectivity index (χ0) is 18.2. The Labute approximate surface area is 152 Å². The molecule has 1 saturated carbocycles. The van der Waals surface area contributed by atoms with Gasteiger partial charge in [0.15, 0.2) is 0 Å². The van der Waals surface area contributed by atoms with E-state index in [-0.39, 0.29) is 27.4 Å². The molecule has 1 amide bonds. The van der Waals surface area contributed by atoms with Crippen LogP contribution in [0.15, 0.2) is 41.3 Å². The first kappa shape index (κ1) is 17.8. The van der Waals surface area contributed by atoms with E-state index in [1.807, 2.05) is 26.0 Å². The van der Waals surface area contributed by atoms with Gasteiger partial charge in [0.2, 0.25) is 0 Å². The number of aryl methyl sites for hydroxylation is 2. The summed E-state index contributed by atoms with van der Waals surface area (Å²) in [5, 5.41) is 2.91. The van der Waals surface area contributed by atoms with Crippen LogP contribution >= 0.6 is 11.6 Å². The number of anilines is 1. The van der Waals surface area contributed by atoms with E-state index in [0.29, 0.717) is 5.69 Å². The smallest absolute Gasteiger partial charge is 0.263 e. The van der Waals surface area contributed by atoms with Crippen LogP contribution in [0.2, 0.25) is 5.02 Å². The first-order valence-electron chi connectivity index (χ1n) is 7.97. The summed E-state index contributed by atoms with van der Waals surface area (Å²) in [6.45, 7) is 3.70. The quantitative estimate of drug-likeness (QED) is 0.833. The summed E-state index contributed by atoms with van der Waals surface area (Å²) in [6, 6.07) is 9.96. The van der Waals surface area contributed by atoms with E-state index in [9.17, 15) is 13.2 Å². The highest BCUT2D eigenvalue weighted by Gasteiger charge is 2.25. The third-order valence-corrected chi connectivity index (χ3v) is 5.88. The molecule has 3 rings (SSSR count). The Balaban J connectivity index is 1.93. The molecule has 2 N–H and O–H groups in total. The molecule has 1 fully saturated rings. The van der Waals surface area contributed by atoms with Gasteiger partial charge in [-0.3, -0.25) is 9.52 Å². The maximum atomic E-state index is 12.8. The zero-order valence-corrected chi connectivity index (χ0v) is 15.5. The van der Waals surface area contributed by atoms with Gasteiger partial charge in [-0.25, -0.2) is 8.42 Å². The molecule has 0 aromatic heterocycles. The lowest BCUT2D eigenvalue weighted by atomic mass is 10.1. The van der Waals surface area contributed by atoms with E-state index in [1.54, 1.807) is 6.07 Å². The molecule has 0 spiro atoms. The SMILES string of the molecule is Cc1ccc(C)c(NS(=O)(=O)c2cc(C(=O)NC3CC3)ccc2Cl)c1. The van der Waals surface area contributed by atoms with Crippen molar-refractivity contribution in [3.8, 4) is 0 Å². The molecule has 0 saturated heterocycles. The van der Waals surface area contributed by atoms with Crippen molar-refractivity contribution in [3.05, 3.63) is 58.1 Å². The van der Waals surface area contributed by atoms with Crippen molar-refractivity contribution in [2.45, 2.75) is 37.6 Å². The van der Waals surface area contributed by atoms with Gasteiger partial charge in [0, 0.05) is 11.6 Å². The van der Waals surface area contributed by atoms with Gasteiger partial charge in [0.25, 0.3) is 15.9 Å². The number of halogens is 1. The fourth-order valence-electron chi connectivity index (χ4n) is 2.39. The normalized spacial score (nSPS) is 14.2. The highest BCUT2D eigenvalue weighted by molar-refractivity contribution is 7.92. The molecule has 0 atom stereocenters. The summed E-state index contributed by atoms with van der Waals surface area (Å²) in [6.07, 6.45) is 1.91. The number of rotatable bonds is 5. The Bertz CT molecular complexity index is 937. The van der Waals surface area contributed by atoms with Crippen molar-refractivity contribution in [1.82, 2.24) is 5.32 Å². The van der Waals surface area contributed by atoms with Crippen molar-refractivity contribution in [2.24, 2.45) is 0 Å². The van der Waals surface area contributed by atoms with Crippen LogP contribution in [0.25, 0.3) is 0 Å². The van der Waals surface area contributed by atoms with Gasteiger partial charge in [-0.1, -0.05) is 23.7 Å². The standard InChI is InChI=1S/C18H19ClN2O3S/c1-11-3-4-12(2)16(9-11)21-25(23,24)17-10-13(5-8-15(17)19)18(22)20-14-6-7-14/h3-5,8-10,14,21H,6-7H2,1-2H3,(H,20,22). The number of hydrogen-bond acceptors (Lipinski definition) is 3. The minimum atomic E-state index is -3.91. The molecular formula is C18H19ClN2O3S. The zero-order valence-electron chi connectivity index (χ0n) is 14.0. The van der Waals surface area contributed by atoms with E-state index >= 15 is 0 Å². The molecular weight excluding hydrogens is 360 g/mol. The summed E-state index contributed by atoms with van der Waals surface area (Å²) >= 11 is 6.09. The molecule has 2 aromatic carbocycles. The summed E-state index contributed by atoms with van der Waals surface area (Å²) in [5.41, 5.74) is 2.50. The number of hydrogen-bond donors (Lipinski definition) is 2. The Kier molecular flexibility index (Phi) is 4.75. The first-order chi connectivity index (χ1) is 11.8. The van der Waals surface area contributed by atoms with Crippen molar-refractivity contribution in [2.75, 3.05) is 4.72 Å². The van der Waals surface area contributed by atoms with Crippen LogP contribution in [-0.4, -0.2) is 20.4 Å². The summed E-state index contributed by atoms with van der Waals surface area (Å²) in [4.78, 5) is 12.1. The van der Waals surface area contributed by atoms with Crippen LogP contribution in [0.1, 0.15) is 34.3 Å². The van der Waals surface area contributed by atoms with Crippen LogP contribution in [-0.2, 0) is 10.0 Å². The molecule has 0 aliphatic heterocycles. The Hall–Kier alpha value is -2.05. The van der Waals surface area contributed by atoms with Crippen molar-refractivity contribution >= 4 is 33.2 Å². The fourth-order valence-corrected chi connectivity index (χ4v) is 4.04. The molecule has 0 unspecified atom stereocenters. The lowest BCUT2D eigenvalue weighted by Gasteiger charge is -2.13. The highest BCUT2D eigenvalue weighted by Crippen LogP contribution is 2.27. The van der Waals surface area contributed by atoms with E-state index in [1.165, 1.54) is 18.2 Å². The maximum Gasteiger partial charge on any atom is 0.263 e. The molecule has 2 aromatic rings. The largest absolute Gasteiger partial charge is 0.349 e. The Morgan fingerprint density at radius 2 is 1.84 bits per heavy atom. The van der Waals surface area contributed by atoms with Gasteiger partial charge in [-0.05, 0) is 62.1 Å². The predicted molar refractivity (Wildman–Crippen MR) is 98.7 cm³/mol. The summed E-state index contributed by atoms with van der Waals surface area (Å²) in [7, 11) is -3.91. The van der Waals surface area contributed by atoms with Crippen molar-refractivity contribution < 1.29 is 13.2 Å². The van der Waals surface area contributed by atoms with Gasteiger partial charge < -0.3 is 5.32 Å². The second-order valence-corrected chi connectivity index (χ2v) is 8.37. The average Bonchev–Trinajstić information content (AvgIpc) is 3.34. The highest BCUT2D eigenvalue weighted by atomic mass is 35.5. The number of amides is 1. The second-order valence-electron chi connectivity index (χ2n) is 6.32. The van der Waals surface area contributed by atoms with Gasteiger partial charge in [-0.15, -0.1) is 0 Å². The van der Waals surface area contributed by atoms with E-state index in [4.69, 9.17) is 11.6 Å². The topological polar surface area (TPSA) is 75.3 Å². The van der Waals surface area contributed by atoms with E-state index in [0.717, 1.165) is 24.0 Å². The van der Waals surface area contributed by atoms with Gasteiger partial charge in [0.1, 0.15) is 4.90 Å². The monoisotopic (exact) mass is 378 g/mol. The van der Waals surface area contributed by atoms with Gasteiger partial charge in [0.05, 0.1) is 10.7 Å². The predicted octanol–water partition coefficient (Wildman–Crippen LogP) is 3.65.